The molecule has 1 aromatic heterocycles. The molecule has 0 radical (unpaired) electrons. The highest BCUT2D eigenvalue weighted by molar-refractivity contribution is 9.09. The van der Waals surface area contributed by atoms with Crippen LogP contribution in [0.25, 0.3) is 0 Å². The van der Waals surface area contributed by atoms with Crippen molar-refractivity contribution < 1.29 is 4.79 Å². The average molecular weight is 360 g/mol. The molecule has 2 rings (SSSR count). The van der Waals surface area contributed by atoms with Gasteiger partial charge in [-0.15, -0.1) is 5.10 Å². The monoisotopic (exact) mass is 359 g/mol. The molecule has 1 aliphatic rings. The van der Waals surface area contributed by atoms with Crippen LogP contribution in [0.5, 0.6) is 0 Å². The van der Waals surface area contributed by atoms with Crippen molar-refractivity contribution in [1.82, 2.24) is 14.5 Å². The molecule has 0 saturated heterocycles. The zero-order valence-electron chi connectivity index (χ0n) is 12.5. The fourth-order valence-electron chi connectivity index (χ4n) is 2.63. The summed E-state index contributed by atoms with van der Waals surface area (Å²) < 4.78 is 3.99. The van der Waals surface area contributed by atoms with Gasteiger partial charge >= 0.3 is 0 Å². The number of halogens is 1. The maximum absolute atomic E-state index is 12.8. The Labute approximate surface area is 133 Å². The molecule has 2 unspecified atom stereocenters. The Morgan fingerprint density at radius 1 is 1.35 bits per heavy atom. The number of hydrogen-bond acceptors (Lipinski definition) is 4. The Morgan fingerprint density at radius 2 is 2.00 bits per heavy atom. The summed E-state index contributed by atoms with van der Waals surface area (Å²) in [6.45, 7) is 6.19. The minimum atomic E-state index is -0.154. The van der Waals surface area contributed by atoms with Gasteiger partial charge in [-0.25, -0.2) is 0 Å². The van der Waals surface area contributed by atoms with Crippen molar-refractivity contribution in [3.8, 4) is 0 Å². The van der Waals surface area contributed by atoms with Crippen LogP contribution in [0, 0.1) is 0 Å². The van der Waals surface area contributed by atoms with Gasteiger partial charge in [0.1, 0.15) is 4.88 Å². The first-order valence-electron chi connectivity index (χ1n) is 7.06. The second kappa shape index (κ2) is 6.10. The Hall–Kier alpha value is -0.490. The highest BCUT2D eigenvalue weighted by Crippen LogP contribution is 2.31. The summed E-state index contributed by atoms with van der Waals surface area (Å²) in [4.78, 5) is 15.7. The number of carbonyl (C=O) groups excluding carboxylic acids is 1. The maximum atomic E-state index is 12.8. The van der Waals surface area contributed by atoms with Gasteiger partial charge in [-0.2, -0.15) is 0 Å². The fourth-order valence-corrected chi connectivity index (χ4v) is 4.44. The number of alkyl halides is 1. The topological polar surface area (TPSA) is 46.1 Å². The average Bonchev–Trinajstić information content (AvgIpc) is 2.86. The smallest absolute Gasteiger partial charge is 0.267 e. The van der Waals surface area contributed by atoms with E-state index in [0.717, 1.165) is 18.5 Å². The number of hydrogen-bond donors (Lipinski definition) is 0. The van der Waals surface area contributed by atoms with Crippen molar-refractivity contribution >= 4 is 33.4 Å². The molecular formula is C14H22BrN3OS. The van der Waals surface area contributed by atoms with E-state index in [2.05, 4.69) is 46.3 Å². The highest BCUT2D eigenvalue weighted by Gasteiger charge is 2.33. The van der Waals surface area contributed by atoms with Gasteiger partial charge in [-0.1, -0.05) is 54.0 Å². The van der Waals surface area contributed by atoms with E-state index in [0.29, 0.717) is 9.70 Å². The van der Waals surface area contributed by atoms with Crippen molar-refractivity contribution in [3.05, 3.63) is 10.6 Å². The third-order valence-corrected chi connectivity index (χ3v) is 5.64. The van der Waals surface area contributed by atoms with Crippen LogP contribution in [0.3, 0.4) is 0 Å². The van der Waals surface area contributed by atoms with Gasteiger partial charge < -0.3 is 4.90 Å². The third kappa shape index (κ3) is 3.22. The lowest BCUT2D eigenvalue weighted by atomic mass is 9.90. The van der Waals surface area contributed by atoms with Crippen LogP contribution in [-0.2, 0) is 5.41 Å². The van der Waals surface area contributed by atoms with Gasteiger partial charge in [0.05, 0.1) is 5.69 Å². The lowest BCUT2D eigenvalue weighted by molar-refractivity contribution is 0.0707. The summed E-state index contributed by atoms with van der Waals surface area (Å²) in [5, 5.41) is 4.16. The molecule has 1 amide bonds. The van der Waals surface area contributed by atoms with Crippen LogP contribution >= 0.6 is 27.5 Å². The van der Waals surface area contributed by atoms with Gasteiger partial charge in [0.2, 0.25) is 0 Å². The largest absolute Gasteiger partial charge is 0.337 e. The molecule has 1 heterocycles. The lowest BCUT2D eigenvalue weighted by Gasteiger charge is -2.35. The third-order valence-electron chi connectivity index (χ3n) is 3.86. The summed E-state index contributed by atoms with van der Waals surface area (Å²) in [5.74, 6) is 0.0567. The van der Waals surface area contributed by atoms with Crippen LogP contribution < -0.4 is 0 Å². The molecule has 0 spiro atoms. The Balaban J connectivity index is 2.21. The van der Waals surface area contributed by atoms with Gasteiger partial charge in [0.25, 0.3) is 5.91 Å². The number of rotatable bonds is 2. The molecule has 20 heavy (non-hydrogen) atoms. The SMILES string of the molecule is CN(C(=O)c1snnc1C(C)(C)C)C1CCCCC1Br. The van der Waals surface area contributed by atoms with E-state index >= 15 is 0 Å². The summed E-state index contributed by atoms with van der Waals surface area (Å²) in [7, 11) is 1.90. The van der Waals surface area contributed by atoms with Crippen molar-refractivity contribution in [1.29, 1.82) is 0 Å². The van der Waals surface area contributed by atoms with E-state index < -0.39 is 0 Å². The number of nitrogens with zero attached hydrogens (tertiary/aromatic N) is 3. The predicted octanol–water partition coefficient (Wildman–Crippen LogP) is 3.61. The van der Waals surface area contributed by atoms with E-state index in [1.54, 1.807) is 0 Å². The quantitative estimate of drug-likeness (QED) is 0.757. The first kappa shape index (κ1) is 15.9. The second-order valence-corrected chi connectivity index (χ2v) is 8.41. The summed E-state index contributed by atoms with van der Waals surface area (Å²) in [6, 6.07) is 0.270. The Bertz CT molecular complexity index is 483. The Kier molecular flexibility index (Phi) is 4.84. The van der Waals surface area contributed by atoms with Gasteiger partial charge in [0.15, 0.2) is 0 Å². The van der Waals surface area contributed by atoms with E-state index in [4.69, 9.17) is 0 Å². The van der Waals surface area contributed by atoms with Crippen molar-refractivity contribution in [2.45, 2.75) is 62.7 Å². The summed E-state index contributed by atoms with van der Waals surface area (Å²) in [5.41, 5.74) is 0.653. The van der Waals surface area contributed by atoms with Crippen molar-refractivity contribution in [2.75, 3.05) is 7.05 Å². The molecular weight excluding hydrogens is 338 g/mol. The van der Waals surface area contributed by atoms with Gasteiger partial charge in [0, 0.05) is 23.3 Å². The van der Waals surface area contributed by atoms with Crippen LogP contribution in [0.2, 0.25) is 0 Å². The molecule has 2 atom stereocenters. The molecule has 0 aromatic carbocycles. The molecule has 0 aliphatic heterocycles. The molecule has 1 aromatic rings. The van der Waals surface area contributed by atoms with Crippen LogP contribution in [-0.4, -0.2) is 38.3 Å². The minimum Gasteiger partial charge on any atom is -0.337 e. The van der Waals surface area contributed by atoms with E-state index in [1.807, 2.05) is 11.9 Å². The highest BCUT2D eigenvalue weighted by atomic mass is 79.9. The first-order valence-corrected chi connectivity index (χ1v) is 8.75. The lowest BCUT2D eigenvalue weighted by Crippen LogP contribution is -2.44. The Morgan fingerprint density at radius 3 is 2.60 bits per heavy atom. The van der Waals surface area contributed by atoms with Crippen LogP contribution in [0.15, 0.2) is 0 Å². The maximum Gasteiger partial charge on any atom is 0.267 e. The number of aromatic nitrogens is 2. The fraction of sp³-hybridized carbons (Fsp3) is 0.786. The number of carbonyl (C=O) groups is 1. The first-order chi connectivity index (χ1) is 9.32. The summed E-state index contributed by atoms with van der Waals surface area (Å²) >= 11 is 4.93. The zero-order chi connectivity index (χ0) is 14.9. The second-order valence-electron chi connectivity index (χ2n) is 6.48. The molecule has 0 N–H and O–H groups in total. The van der Waals surface area contributed by atoms with Gasteiger partial charge in [-0.3, -0.25) is 4.79 Å². The normalized spacial score (nSPS) is 23.6. The molecule has 1 saturated carbocycles. The molecule has 112 valence electrons. The van der Waals surface area contributed by atoms with Crippen LogP contribution in [0.4, 0.5) is 0 Å². The molecule has 4 nitrogen and oxygen atoms in total. The van der Waals surface area contributed by atoms with E-state index in [-0.39, 0.29) is 17.4 Å². The summed E-state index contributed by atoms with van der Waals surface area (Å²) in [6.07, 6.45) is 4.63. The minimum absolute atomic E-state index is 0.0567. The molecule has 0 bridgehead atoms. The van der Waals surface area contributed by atoms with Crippen molar-refractivity contribution in [2.24, 2.45) is 0 Å². The molecule has 1 fully saturated rings. The van der Waals surface area contributed by atoms with Crippen molar-refractivity contribution in [3.63, 3.8) is 0 Å². The zero-order valence-corrected chi connectivity index (χ0v) is 14.9. The molecule has 6 heteroatoms. The van der Waals surface area contributed by atoms with E-state index in [1.165, 1.54) is 24.4 Å². The predicted molar refractivity (Wildman–Crippen MR) is 85.7 cm³/mol. The van der Waals surface area contributed by atoms with Gasteiger partial charge in [-0.05, 0) is 24.4 Å². The van der Waals surface area contributed by atoms with E-state index in [9.17, 15) is 4.79 Å². The standard InChI is InChI=1S/C14H22BrN3OS/c1-14(2,3)12-11(20-17-16-12)13(19)18(4)10-8-6-5-7-9(10)15/h9-10H,5-8H2,1-4H3. The molecule has 1 aliphatic carbocycles. The van der Waals surface area contributed by atoms with Crippen LogP contribution in [0.1, 0.15) is 61.8 Å². The number of amides is 1.